The molecule has 3 rings (SSSR count). The van der Waals surface area contributed by atoms with Gasteiger partial charge in [0.05, 0.1) is 7.11 Å². The van der Waals surface area contributed by atoms with E-state index in [9.17, 15) is 9.18 Å². The Hall–Kier alpha value is -1.62. The number of likely N-dealkylation sites (tertiary alicyclic amines) is 1. The Morgan fingerprint density at radius 2 is 2.08 bits per heavy atom. The number of rotatable bonds is 5. The fourth-order valence-corrected chi connectivity index (χ4v) is 3.92. The number of nitrogens with one attached hydrogen (secondary N) is 1. The number of nitrogens with zero attached hydrogens (tertiary/aromatic N) is 1. The van der Waals surface area contributed by atoms with Crippen molar-refractivity contribution in [3.8, 4) is 5.75 Å². The van der Waals surface area contributed by atoms with Gasteiger partial charge >= 0.3 is 0 Å². The van der Waals surface area contributed by atoms with Gasteiger partial charge in [-0.2, -0.15) is 0 Å². The second-order valence-electron chi connectivity index (χ2n) is 7.03. The first-order chi connectivity index (χ1) is 11.6. The third-order valence-corrected chi connectivity index (χ3v) is 5.37. The van der Waals surface area contributed by atoms with Crippen molar-refractivity contribution in [3.63, 3.8) is 0 Å². The highest BCUT2D eigenvalue weighted by Crippen LogP contribution is 2.28. The zero-order chi connectivity index (χ0) is 17.1. The van der Waals surface area contributed by atoms with Gasteiger partial charge in [0.15, 0.2) is 11.6 Å². The predicted octanol–water partition coefficient (Wildman–Crippen LogP) is 3.28. The topological polar surface area (TPSA) is 41.6 Å². The van der Waals surface area contributed by atoms with Gasteiger partial charge in [-0.3, -0.25) is 4.79 Å². The monoisotopic (exact) mass is 334 g/mol. The number of halogens is 1. The molecule has 1 aromatic carbocycles. The standard InChI is InChI=1S/C19H27FN2O2/c1-13(15-7-8-17(20)18(11-15)24-2)21-16-9-10-22(12-16)19(23)14-5-3-4-6-14/h7-8,11,13-14,16,21H,3-6,9-10,12H2,1-2H3/t13-,16-/m1/s1. The van der Waals surface area contributed by atoms with Gasteiger partial charge in [0.1, 0.15) is 0 Å². The zero-order valence-corrected chi connectivity index (χ0v) is 14.6. The van der Waals surface area contributed by atoms with Crippen molar-refractivity contribution < 1.29 is 13.9 Å². The van der Waals surface area contributed by atoms with Crippen LogP contribution in [0.4, 0.5) is 4.39 Å². The van der Waals surface area contributed by atoms with Crippen LogP contribution in [-0.4, -0.2) is 37.0 Å². The minimum absolute atomic E-state index is 0.0889. The summed E-state index contributed by atoms with van der Waals surface area (Å²) in [6, 6.07) is 5.35. The van der Waals surface area contributed by atoms with Crippen LogP contribution in [-0.2, 0) is 4.79 Å². The van der Waals surface area contributed by atoms with Crippen LogP contribution >= 0.6 is 0 Å². The Bertz CT molecular complexity index is 587. The summed E-state index contributed by atoms with van der Waals surface area (Å²) in [7, 11) is 1.48. The van der Waals surface area contributed by atoms with E-state index in [4.69, 9.17) is 4.74 Å². The van der Waals surface area contributed by atoms with Gasteiger partial charge in [-0.25, -0.2) is 4.39 Å². The first-order valence-electron chi connectivity index (χ1n) is 8.96. The summed E-state index contributed by atoms with van der Waals surface area (Å²) in [5, 5.41) is 3.57. The van der Waals surface area contributed by atoms with Gasteiger partial charge < -0.3 is 15.0 Å². The van der Waals surface area contributed by atoms with E-state index in [0.29, 0.717) is 11.9 Å². The molecule has 1 saturated carbocycles. The molecular weight excluding hydrogens is 307 g/mol. The Morgan fingerprint density at radius 1 is 1.33 bits per heavy atom. The Balaban J connectivity index is 1.55. The molecule has 1 amide bonds. The highest BCUT2D eigenvalue weighted by atomic mass is 19.1. The van der Waals surface area contributed by atoms with Crippen LogP contribution in [0, 0.1) is 11.7 Å². The molecular formula is C19H27FN2O2. The Kier molecular flexibility index (Phi) is 5.39. The Labute approximate surface area is 143 Å². The highest BCUT2D eigenvalue weighted by Gasteiger charge is 2.32. The molecule has 2 atom stereocenters. The minimum Gasteiger partial charge on any atom is -0.494 e. The van der Waals surface area contributed by atoms with Crippen LogP contribution in [0.5, 0.6) is 5.75 Å². The van der Waals surface area contributed by atoms with E-state index in [-0.39, 0.29) is 23.5 Å². The van der Waals surface area contributed by atoms with Gasteiger partial charge in [0.25, 0.3) is 0 Å². The van der Waals surface area contributed by atoms with Crippen molar-refractivity contribution in [1.82, 2.24) is 10.2 Å². The molecule has 5 heteroatoms. The van der Waals surface area contributed by atoms with E-state index in [1.807, 2.05) is 4.90 Å². The minimum atomic E-state index is -0.345. The Morgan fingerprint density at radius 3 is 2.79 bits per heavy atom. The van der Waals surface area contributed by atoms with E-state index >= 15 is 0 Å². The molecule has 0 aromatic heterocycles. The lowest BCUT2D eigenvalue weighted by molar-refractivity contribution is -0.134. The van der Waals surface area contributed by atoms with Crippen LogP contribution in [0.3, 0.4) is 0 Å². The quantitative estimate of drug-likeness (QED) is 0.898. The van der Waals surface area contributed by atoms with Crippen LogP contribution in [0.1, 0.15) is 50.6 Å². The van der Waals surface area contributed by atoms with Crippen LogP contribution < -0.4 is 10.1 Å². The summed E-state index contributed by atoms with van der Waals surface area (Å²) >= 11 is 0. The fraction of sp³-hybridized carbons (Fsp3) is 0.632. The largest absolute Gasteiger partial charge is 0.494 e. The molecule has 0 unspecified atom stereocenters. The molecule has 4 nitrogen and oxygen atoms in total. The number of hydrogen-bond acceptors (Lipinski definition) is 3. The van der Waals surface area contributed by atoms with Crippen LogP contribution in [0.25, 0.3) is 0 Å². The third kappa shape index (κ3) is 3.72. The lowest BCUT2D eigenvalue weighted by Gasteiger charge is -2.23. The number of methoxy groups -OCH3 is 1. The smallest absolute Gasteiger partial charge is 0.225 e. The summed E-state index contributed by atoms with van der Waals surface area (Å²) in [4.78, 5) is 14.5. The molecule has 1 aliphatic heterocycles. The van der Waals surface area contributed by atoms with Gasteiger partial charge in [-0.05, 0) is 43.9 Å². The third-order valence-electron chi connectivity index (χ3n) is 5.37. The lowest BCUT2D eigenvalue weighted by Crippen LogP contribution is -2.38. The molecule has 2 fully saturated rings. The van der Waals surface area contributed by atoms with Crippen molar-refractivity contribution in [2.45, 2.75) is 51.1 Å². The first-order valence-corrected chi connectivity index (χ1v) is 8.96. The van der Waals surface area contributed by atoms with Crippen molar-refractivity contribution in [3.05, 3.63) is 29.6 Å². The predicted molar refractivity (Wildman–Crippen MR) is 91.4 cm³/mol. The lowest BCUT2D eigenvalue weighted by atomic mass is 10.1. The van der Waals surface area contributed by atoms with Gasteiger partial charge in [-0.1, -0.05) is 18.9 Å². The maximum atomic E-state index is 13.5. The molecule has 1 saturated heterocycles. The number of ether oxygens (including phenoxy) is 1. The molecule has 2 aliphatic rings. The molecule has 24 heavy (non-hydrogen) atoms. The normalized spacial score (nSPS) is 22.8. The number of amides is 1. The van der Waals surface area contributed by atoms with Crippen LogP contribution in [0.2, 0.25) is 0 Å². The molecule has 1 aliphatic carbocycles. The number of benzene rings is 1. The van der Waals surface area contributed by atoms with Crippen molar-refractivity contribution in [1.29, 1.82) is 0 Å². The van der Waals surface area contributed by atoms with E-state index in [2.05, 4.69) is 12.2 Å². The SMILES string of the molecule is COc1cc([C@@H](C)N[C@@H]2CCN(C(=O)C3CCCC3)C2)ccc1F. The van der Waals surface area contributed by atoms with Crippen LogP contribution in [0.15, 0.2) is 18.2 Å². The summed E-state index contributed by atoms with van der Waals surface area (Å²) < 4.78 is 18.6. The first kappa shape index (κ1) is 17.2. The average Bonchev–Trinajstić information content (AvgIpc) is 3.26. The van der Waals surface area contributed by atoms with E-state index in [1.165, 1.54) is 26.0 Å². The van der Waals surface area contributed by atoms with Gasteiger partial charge in [0, 0.05) is 31.1 Å². The van der Waals surface area contributed by atoms with Gasteiger partial charge in [0.2, 0.25) is 5.91 Å². The number of hydrogen-bond donors (Lipinski definition) is 1. The highest BCUT2D eigenvalue weighted by molar-refractivity contribution is 5.79. The summed E-state index contributed by atoms with van der Waals surface area (Å²) in [5.74, 6) is 0.517. The van der Waals surface area contributed by atoms with Crippen molar-refractivity contribution in [2.24, 2.45) is 5.92 Å². The molecule has 0 spiro atoms. The molecule has 1 aromatic rings. The van der Waals surface area contributed by atoms with E-state index < -0.39 is 0 Å². The summed E-state index contributed by atoms with van der Waals surface area (Å²) in [6.45, 7) is 3.68. The fourth-order valence-electron chi connectivity index (χ4n) is 3.92. The summed E-state index contributed by atoms with van der Waals surface area (Å²) in [5.41, 5.74) is 0.994. The van der Waals surface area contributed by atoms with E-state index in [0.717, 1.165) is 37.9 Å². The molecule has 0 bridgehead atoms. The maximum Gasteiger partial charge on any atom is 0.225 e. The zero-order valence-electron chi connectivity index (χ0n) is 14.6. The van der Waals surface area contributed by atoms with Crippen molar-refractivity contribution in [2.75, 3.05) is 20.2 Å². The molecule has 0 radical (unpaired) electrons. The summed E-state index contributed by atoms with van der Waals surface area (Å²) in [6.07, 6.45) is 5.46. The second kappa shape index (κ2) is 7.51. The molecule has 1 N–H and O–H groups in total. The molecule has 132 valence electrons. The maximum absolute atomic E-state index is 13.5. The van der Waals surface area contributed by atoms with Gasteiger partial charge in [-0.15, -0.1) is 0 Å². The average molecular weight is 334 g/mol. The number of carbonyl (C=O) groups is 1. The van der Waals surface area contributed by atoms with Crippen molar-refractivity contribution >= 4 is 5.91 Å². The number of carbonyl (C=O) groups excluding carboxylic acids is 1. The second-order valence-corrected chi connectivity index (χ2v) is 7.03. The van der Waals surface area contributed by atoms with E-state index in [1.54, 1.807) is 12.1 Å². The molecule has 1 heterocycles.